The zero-order valence-electron chi connectivity index (χ0n) is 17.8. The van der Waals surface area contributed by atoms with Crippen molar-refractivity contribution in [3.05, 3.63) is 57.4 Å². The normalized spacial score (nSPS) is 10.6. The van der Waals surface area contributed by atoms with Crippen molar-refractivity contribution in [3.63, 3.8) is 0 Å². The Morgan fingerprint density at radius 3 is 2.34 bits per heavy atom. The highest BCUT2D eigenvalue weighted by molar-refractivity contribution is 5.99. The zero-order valence-corrected chi connectivity index (χ0v) is 17.8. The number of likely N-dealkylation sites (N-methyl/N-ethyl adjacent to an activating group) is 1. The van der Waals surface area contributed by atoms with Gasteiger partial charge in [-0.25, -0.2) is 9.59 Å². The fourth-order valence-electron chi connectivity index (χ4n) is 3.14. The van der Waals surface area contributed by atoms with Gasteiger partial charge >= 0.3 is 11.9 Å². The fraction of sp³-hybridized carbons (Fsp3) is 0.409. The van der Waals surface area contributed by atoms with E-state index in [-0.39, 0.29) is 30.4 Å². The highest BCUT2D eigenvalue weighted by Crippen LogP contribution is 2.20. The summed E-state index contributed by atoms with van der Waals surface area (Å²) in [5.74, 6) is -1.49. The molecule has 0 aliphatic rings. The van der Waals surface area contributed by atoms with Crippen LogP contribution in [0.5, 0.6) is 0 Å². The van der Waals surface area contributed by atoms with Gasteiger partial charge in [0.1, 0.15) is 5.69 Å². The van der Waals surface area contributed by atoms with Crippen LogP contribution in [0, 0.1) is 27.7 Å². The van der Waals surface area contributed by atoms with Gasteiger partial charge in [0, 0.05) is 19.3 Å². The van der Waals surface area contributed by atoms with Gasteiger partial charge in [-0.15, -0.1) is 0 Å². The second kappa shape index (κ2) is 9.41. The number of esters is 2. The third-order valence-corrected chi connectivity index (χ3v) is 4.78. The molecular formula is C22H28N2O5. The number of ether oxygens (including phenoxy) is 2. The summed E-state index contributed by atoms with van der Waals surface area (Å²) in [5.41, 5.74) is 4.70. The second-order valence-electron chi connectivity index (χ2n) is 7.10. The number of carbonyl (C=O) groups is 3. The van der Waals surface area contributed by atoms with Gasteiger partial charge in [-0.1, -0.05) is 23.8 Å². The number of carbonyl (C=O) groups excluding carboxylic acids is 3. The van der Waals surface area contributed by atoms with Crippen LogP contribution in [-0.4, -0.2) is 48.0 Å². The van der Waals surface area contributed by atoms with Crippen LogP contribution in [0.25, 0.3) is 0 Å². The number of amides is 1. The number of nitrogens with one attached hydrogen (secondary N) is 1. The molecule has 156 valence electrons. The third-order valence-electron chi connectivity index (χ3n) is 4.78. The molecule has 2 aromatic rings. The molecule has 1 amide bonds. The minimum Gasteiger partial charge on any atom is -0.461 e. The number of aromatic amines is 1. The molecule has 1 aromatic carbocycles. The average molecular weight is 400 g/mol. The Labute approximate surface area is 171 Å². The number of aryl methyl sites for hydroxylation is 3. The summed E-state index contributed by atoms with van der Waals surface area (Å²) in [6, 6.07) is 6.05. The Hall–Kier alpha value is -3.09. The van der Waals surface area contributed by atoms with E-state index in [1.54, 1.807) is 27.8 Å². The van der Waals surface area contributed by atoms with Crippen molar-refractivity contribution >= 4 is 17.8 Å². The Balaban J connectivity index is 2.01. The summed E-state index contributed by atoms with van der Waals surface area (Å²) in [5, 5.41) is 0. The van der Waals surface area contributed by atoms with Crippen LogP contribution >= 0.6 is 0 Å². The van der Waals surface area contributed by atoms with Crippen molar-refractivity contribution in [2.75, 3.05) is 20.3 Å². The summed E-state index contributed by atoms with van der Waals surface area (Å²) in [6.07, 6.45) is 0. The van der Waals surface area contributed by atoms with Crippen molar-refractivity contribution < 1.29 is 23.9 Å². The van der Waals surface area contributed by atoms with Crippen molar-refractivity contribution in [1.29, 1.82) is 0 Å². The molecule has 0 fully saturated rings. The van der Waals surface area contributed by atoms with Crippen LogP contribution in [0.2, 0.25) is 0 Å². The summed E-state index contributed by atoms with van der Waals surface area (Å²) in [4.78, 5) is 41.2. The number of aromatic nitrogens is 1. The Kier molecular flexibility index (Phi) is 7.20. The van der Waals surface area contributed by atoms with E-state index in [4.69, 9.17) is 9.47 Å². The lowest BCUT2D eigenvalue weighted by Crippen LogP contribution is -2.31. The molecule has 1 N–H and O–H groups in total. The maximum atomic E-state index is 12.5. The van der Waals surface area contributed by atoms with Gasteiger partial charge in [0.25, 0.3) is 5.91 Å². The lowest BCUT2D eigenvalue weighted by Gasteiger charge is -2.19. The number of hydrogen-bond acceptors (Lipinski definition) is 5. The molecule has 0 bridgehead atoms. The van der Waals surface area contributed by atoms with E-state index in [1.807, 2.05) is 26.0 Å². The van der Waals surface area contributed by atoms with Crippen LogP contribution < -0.4 is 0 Å². The first-order valence-corrected chi connectivity index (χ1v) is 9.49. The minimum atomic E-state index is -0.653. The van der Waals surface area contributed by atoms with Crippen molar-refractivity contribution in [2.24, 2.45) is 0 Å². The lowest BCUT2D eigenvalue weighted by atomic mass is 10.1. The number of nitrogens with zero attached hydrogens (tertiary/aromatic N) is 1. The Morgan fingerprint density at radius 1 is 1.03 bits per heavy atom. The molecule has 0 saturated heterocycles. The van der Waals surface area contributed by atoms with Gasteiger partial charge in [0.05, 0.1) is 12.2 Å². The molecule has 0 aliphatic carbocycles. The molecule has 29 heavy (non-hydrogen) atoms. The number of rotatable bonds is 7. The first-order valence-electron chi connectivity index (χ1n) is 9.49. The molecule has 0 atom stereocenters. The smallest absolute Gasteiger partial charge is 0.355 e. The molecule has 0 radical (unpaired) electrons. The SMILES string of the molecule is CCOC(=O)c1[nH]c(C)c(C(=O)OCC(=O)N(C)Cc2ccc(C)cc2C)c1C. The van der Waals surface area contributed by atoms with E-state index in [1.165, 1.54) is 4.90 Å². The molecule has 0 unspecified atom stereocenters. The Morgan fingerprint density at radius 2 is 1.72 bits per heavy atom. The van der Waals surface area contributed by atoms with Crippen LogP contribution in [0.1, 0.15) is 55.7 Å². The van der Waals surface area contributed by atoms with Gasteiger partial charge in [-0.3, -0.25) is 4.79 Å². The third kappa shape index (κ3) is 5.25. The molecule has 7 heteroatoms. The van der Waals surface area contributed by atoms with E-state index in [9.17, 15) is 14.4 Å². The van der Waals surface area contributed by atoms with Gasteiger partial charge in [0.2, 0.25) is 0 Å². The predicted octanol–water partition coefficient (Wildman–Crippen LogP) is 3.24. The molecule has 0 aliphatic heterocycles. The largest absolute Gasteiger partial charge is 0.461 e. The molecule has 1 heterocycles. The highest BCUT2D eigenvalue weighted by Gasteiger charge is 2.24. The van der Waals surface area contributed by atoms with E-state index in [2.05, 4.69) is 11.1 Å². The van der Waals surface area contributed by atoms with E-state index in [0.717, 1.165) is 16.7 Å². The van der Waals surface area contributed by atoms with Crippen LogP contribution in [0.3, 0.4) is 0 Å². The van der Waals surface area contributed by atoms with Gasteiger partial charge in [0.15, 0.2) is 6.61 Å². The fourth-order valence-corrected chi connectivity index (χ4v) is 3.14. The molecular weight excluding hydrogens is 372 g/mol. The van der Waals surface area contributed by atoms with E-state index in [0.29, 0.717) is 17.8 Å². The molecule has 1 aromatic heterocycles. The van der Waals surface area contributed by atoms with Crippen molar-refractivity contribution in [1.82, 2.24) is 9.88 Å². The lowest BCUT2D eigenvalue weighted by molar-refractivity contribution is -0.133. The zero-order chi connectivity index (χ0) is 21.7. The van der Waals surface area contributed by atoms with Gasteiger partial charge in [-0.2, -0.15) is 0 Å². The van der Waals surface area contributed by atoms with E-state index >= 15 is 0 Å². The average Bonchev–Trinajstić information content (AvgIpc) is 2.96. The second-order valence-corrected chi connectivity index (χ2v) is 7.10. The summed E-state index contributed by atoms with van der Waals surface area (Å²) >= 11 is 0. The van der Waals surface area contributed by atoms with Crippen LogP contribution in [0.4, 0.5) is 0 Å². The Bertz CT molecular complexity index is 930. The van der Waals surface area contributed by atoms with Gasteiger partial charge < -0.3 is 19.4 Å². The standard InChI is InChI=1S/C22H28N2O5/c1-7-28-22(27)20-15(4)19(16(5)23-20)21(26)29-12-18(25)24(6)11-17-9-8-13(2)10-14(17)3/h8-10,23H,7,11-12H2,1-6H3. The molecule has 2 rings (SSSR count). The highest BCUT2D eigenvalue weighted by atomic mass is 16.5. The van der Waals surface area contributed by atoms with Crippen LogP contribution in [0.15, 0.2) is 18.2 Å². The summed E-state index contributed by atoms with van der Waals surface area (Å²) < 4.78 is 10.2. The number of hydrogen-bond donors (Lipinski definition) is 1. The van der Waals surface area contributed by atoms with Gasteiger partial charge in [-0.05, 0) is 51.3 Å². The minimum absolute atomic E-state index is 0.217. The number of H-pyrrole nitrogens is 1. The van der Waals surface area contributed by atoms with Crippen LogP contribution in [-0.2, 0) is 20.8 Å². The maximum absolute atomic E-state index is 12.5. The van der Waals surface area contributed by atoms with Crippen molar-refractivity contribution in [2.45, 2.75) is 41.2 Å². The summed E-state index contributed by atoms with van der Waals surface area (Å²) in [6.45, 7) is 9.32. The summed E-state index contributed by atoms with van der Waals surface area (Å²) in [7, 11) is 1.67. The topological polar surface area (TPSA) is 88.7 Å². The molecule has 7 nitrogen and oxygen atoms in total. The van der Waals surface area contributed by atoms with Crippen molar-refractivity contribution in [3.8, 4) is 0 Å². The maximum Gasteiger partial charge on any atom is 0.355 e. The number of benzene rings is 1. The van der Waals surface area contributed by atoms with E-state index < -0.39 is 11.9 Å². The monoisotopic (exact) mass is 400 g/mol. The first kappa shape index (κ1) is 22.2. The quantitative estimate of drug-likeness (QED) is 0.721. The molecule has 0 saturated carbocycles. The first-order chi connectivity index (χ1) is 13.6. The predicted molar refractivity (Wildman–Crippen MR) is 109 cm³/mol. The molecule has 0 spiro atoms.